The van der Waals surface area contributed by atoms with E-state index in [1.807, 2.05) is 35.2 Å². The van der Waals surface area contributed by atoms with Gasteiger partial charge in [0.2, 0.25) is 0 Å². The Morgan fingerprint density at radius 3 is 2.56 bits per heavy atom. The molecule has 1 aliphatic heterocycles. The van der Waals surface area contributed by atoms with Gasteiger partial charge < -0.3 is 25.0 Å². The number of aliphatic hydroxyl groups excluding tert-OH is 1. The maximum absolute atomic E-state index is 13.0. The molecule has 0 bridgehead atoms. The van der Waals surface area contributed by atoms with Gasteiger partial charge in [0.25, 0.3) is 5.91 Å². The summed E-state index contributed by atoms with van der Waals surface area (Å²) in [7, 11) is 0. The summed E-state index contributed by atoms with van der Waals surface area (Å²) >= 11 is 0. The number of pyridine rings is 1. The zero-order valence-corrected chi connectivity index (χ0v) is 18.6. The minimum absolute atomic E-state index is 0.158. The molecule has 1 aliphatic rings. The fraction of sp³-hybridized carbons (Fsp3) is 0.458. The number of carbonyl (C=O) groups excluding carboxylic acids is 2. The Morgan fingerprint density at radius 2 is 1.88 bits per heavy atom. The number of anilines is 1. The van der Waals surface area contributed by atoms with E-state index in [-0.39, 0.29) is 18.6 Å². The number of piperazine rings is 1. The first-order valence-corrected chi connectivity index (χ1v) is 11.2. The number of benzene rings is 1. The van der Waals surface area contributed by atoms with Gasteiger partial charge in [-0.3, -0.25) is 4.79 Å². The average molecular weight is 441 g/mol. The zero-order chi connectivity index (χ0) is 22.8. The molecule has 0 radical (unpaired) electrons. The Bertz CT molecular complexity index is 869. The van der Waals surface area contributed by atoms with Gasteiger partial charge >= 0.3 is 6.09 Å². The molecule has 0 aliphatic carbocycles. The average Bonchev–Trinajstić information content (AvgIpc) is 2.84. The molecule has 1 saturated heterocycles. The van der Waals surface area contributed by atoms with Crippen LogP contribution in [0.4, 0.5) is 10.6 Å². The van der Waals surface area contributed by atoms with Crippen LogP contribution < -0.4 is 10.2 Å². The number of carbonyl (C=O) groups is 2. The van der Waals surface area contributed by atoms with E-state index in [9.17, 15) is 14.7 Å². The highest BCUT2D eigenvalue weighted by Crippen LogP contribution is 2.20. The SMILES string of the molecule is CCCCOC(=O)N1CCN(c2ncccc2C(=O)NC(CO)Cc2ccccc2)CC1. The van der Waals surface area contributed by atoms with Gasteiger partial charge in [-0.25, -0.2) is 9.78 Å². The van der Waals surface area contributed by atoms with Crippen LogP contribution in [0, 0.1) is 0 Å². The second-order valence-electron chi connectivity index (χ2n) is 7.86. The number of rotatable bonds is 9. The molecule has 1 unspecified atom stereocenters. The molecule has 2 heterocycles. The quantitative estimate of drug-likeness (QED) is 0.582. The van der Waals surface area contributed by atoms with E-state index < -0.39 is 6.04 Å². The molecule has 2 N–H and O–H groups in total. The zero-order valence-electron chi connectivity index (χ0n) is 18.6. The van der Waals surface area contributed by atoms with Crippen LogP contribution in [-0.4, -0.2) is 72.4 Å². The number of aromatic nitrogens is 1. The molecule has 1 fully saturated rings. The van der Waals surface area contributed by atoms with Crippen LogP contribution in [0.3, 0.4) is 0 Å². The van der Waals surface area contributed by atoms with E-state index in [0.717, 1.165) is 18.4 Å². The van der Waals surface area contributed by atoms with Gasteiger partial charge in [-0.2, -0.15) is 0 Å². The number of unbranched alkanes of at least 4 members (excludes halogenated alkanes) is 1. The van der Waals surface area contributed by atoms with E-state index in [1.54, 1.807) is 23.2 Å². The van der Waals surface area contributed by atoms with Crippen molar-refractivity contribution in [1.82, 2.24) is 15.2 Å². The Morgan fingerprint density at radius 1 is 1.12 bits per heavy atom. The minimum Gasteiger partial charge on any atom is -0.449 e. The largest absolute Gasteiger partial charge is 0.449 e. The first-order chi connectivity index (χ1) is 15.6. The number of nitrogens with one attached hydrogen (secondary N) is 1. The third-order valence-electron chi connectivity index (χ3n) is 5.47. The molecule has 172 valence electrons. The number of aliphatic hydroxyl groups is 1. The summed E-state index contributed by atoms with van der Waals surface area (Å²) < 4.78 is 5.29. The van der Waals surface area contributed by atoms with Gasteiger partial charge in [0.05, 0.1) is 24.8 Å². The Kier molecular flexibility index (Phi) is 8.86. The molecule has 2 amide bonds. The number of hydrogen-bond acceptors (Lipinski definition) is 6. The van der Waals surface area contributed by atoms with Crippen molar-refractivity contribution in [2.24, 2.45) is 0 Å². The second-order valence-corrected chi connectivity index (χ2v) is 7.86. The van der Waals surface area contributed by atoms with E-state index in [4.69, 9.17) is 4.74 Å². The van der Waals surface area contributed by atoms with Crippen molar-refractivity contribution >= 4 is 17.8 Å². The van der Waals surface area contributed by atoms with Gasteiger partial charge in [-0.1, -0.05) is 43.7 Å². The molecule has 1 aromatic carbocycles. The first-order valence-electron chi connectivity index (χ1n) is 11.2. The molecule has 8 heteroatoms. The summed E-state index contributed by atoms with van der Waals surface area (Å²) in [5, 5.41) is 12.7. The second kappa shape index (κ2) is 12.0. The lowest BCUT2D eigenvalue weighted by Gasteiger charge is -2.35. The van der Waals surface area contributed by atoms with Crippen molar-refractivity contribution in [3.05, 3.63) is 59.8 Å². The van der Waals surface area contributed by atoms with E-state index in [2.05, 4.69) is 17.2 Å². The fourth-order valence-electron chi connectivity index (χ4n) is 3.65. The van der Waals surface area contributed by atoms with Crippen molar-refractivity contribution in [3.63, 3.8) is 0 Å². The van der Waals surface area contributed by atoms with Gasteiger partial charge in [-0.15, -0.1) is 0 Å². The molecule has 8 nitrogen and oxygen atoms in total. The molecule has 2 aromatic rings. The highest BCUT2D eigenvalue weighted by molar-refractivity contribution is 5.99. The molecule has 1 aromatic heterocycles. The Labute approximate surface area is 189 Å². The van der Waals surface area contributed by atoms with Crippen LogP contribution in [0.15, 0.2) is 48.7 Å². The first kappa shape index (κ1) is 23.5. The Balaban J connectivity index is 1.60. The summed E-state index contributed by atoms with van der Waals surface area (Å²) in [5.74, 6) is 0.310. The fourth-order valence-corrected chi connectivity index (χ4v) is 3.65. The van der Waals surface area contributed by atoms with E-state index >= 15 is 0 Å². The summed E-state index contributed by atoms with van der Waals surface area (Å²) in [5.41, 5.74) is 1.50. The molecule has 3 rings (SSSR count). The molecular formula is C24H32N4O4. The molecule has 1 atom stereocenters. The van der Waals surface area contributed by atoms with Crippen molar-refractivity contribution in [1.29, 1.82) is 0 Å². The smallest absolute Gasteiger partial charge is 0.409 e. The summed E-state index contributed by atoms with van der Waals surface area (Å²) in [4.78, 5) is 33.3. The molecule has 0 spiro atoms. The standard InChI is InChI=1S/C24H32N4O4/c1-2-3-16-32-24(31)28-14-12-27(13-15-28)22-21(10-7-11-25-22)23(30)26-20(18-29)17-19-8-5-4-6-9-19/h4-11,20,29H,2-3,12-18H2,1H3,(H,26,30). The van der Waals surface area contributed by atoms with Gasteiger partial charge in [0, 0.05) is 32.4 Å². The van der Waals surface area contributed by atoms with E-state index in [1.165, 1.54) is 0 Å². The molecule has 0 saturated carbocycles. The summed E-state index contributed by atoms with van der Waals surface area (Å²) in [6, 6.07) is 12.8. The monoisotopic (exact) mass is 440 g/mol. The topological polar surface area (TPSA) is 95.0 Å². The van der Waals surface area contributed by atoms with Gasteiger partial charge in [-0.05, 0) is 30.5 Å². The van der Waals surface area contributed by atoms with Crippen LogP contribution in [-0.2, 0) is 11.2 Å². The van der Waals surface area contributed by atoms with Crippen LogP contribution in [0.5, 0.6) is 0 Å². The molecular weight excluding hydrogens is 408 g/mol. The number of ether oxygens (including phenoxy) is 1. The maximum Gasteiger partial charge on any atom is 0.409 e. The van der Waals surface area contributed by atoms with Crippen molar-refractivity contribution < 1.29 is 19.4 Å². The van der Waals surface area contributed by atoms with Crippen molar-refractivity contribution in [3.8, 4) is 0 Å². The summed E-state index contributed by atoms with van der Waals surface area (Å²) in [6.45, 7) is 4.48. The van der Waals surface area contributed by atoms with Crippen LogP contribution in [0.2, 0.25) is 0 Å². The third kappa shape index (κ3) is 6.43. The van der Waals surface area contributed by atoms with Crippen LogP contribution in [0.25, 0.3) is 0 Å². The van der Waals surface area contributed by atoms with Gasteiger partial charge in [0.15, 0.2) is 0 Å². The van der Waals surface area contributed by atoms with E-state index in [0.29, 0.717) is 50.6 Å². The van der Waals surface area contributed by atoms with Crippen LogP contribution in [0.1, 0.15) is 35.7 Å². The lowest BCUT2D eigenvalue weighted by Crippen LogP contribution is -2.50. The lowest BCUT2D eigenvalue weighted by molar-refractivity contribution is 0.0913. The summed E-state index contributed by atoms with van der Waals surface area (Å²) in [6.07, 6.45) is 3.75. The third-order valence-corrected chi connectivity index (χ3v) is 5.47. The number of amides is 2. The molecule has 32 heavy (non-hydrogen) atoms. The highest BCUT2D eigenvalue weighted by atomic mass is 16.6. The Hall–Kier alpha value is -3.13. The van der Waals surface area contributed by atoms with Crippen molar-refractivity contribution in [2.45, 2.75) is 32.2 Å². The van der Waals surface area contributed by atoms with Crippen LogP contribution >= 0.6 is 0 Å². The predicted octanol–water partition coefficient (Wildman–Crippen LogP) is 2.47. The van der Waals surface area contributed by atoms with Crippen molar-refractivity contribution in [2.75, 3.05) is 44.3 Å². The maximum atomic E-state index is 13.0. The predicted molar refractivity (Wildman–Crippen MR) is 123 cm³/mol. The number of hydrogen-bond donors (Lipinski definition) is 2. The number of nitrogens with zero attached hydrogens (tertiary/aromatic N) is 3. The van der Waals surface area contributed by atoms with Gasteiger partial charge in [0.1, 0.15) is 5.82 Å². The highest BCUT2D eigenvalue weighted by Gasteiger charge is 2.26. The normalized spacial score (nSPS) is 14.7. The minimum atomic E-state index is -0.396. The lowest BCUT2D eigenvalue weighted by atomic mass is 10.1.